The van der Waals surface area contributed by atoms with Gasteiger partial charge in [0.2, 0.25) is 0 Å². The summed E-state index contributed by atoms with van der Waals surface area (Å²) in [7, 11) is 0. The highest BCUT2D eigenvalue weighted by Crippen LogP contribution is 2.18. The molecule has 0 fully saturated rings. The van der Waals surface area contributed by atoms with E-state index in [1.54, 1.807) is 18.5 Å². The minimum absolute atomic E-state index is 0.331. The van der Waals surface area contributed by atoms with E-state index in [0.29, 0.717) is 24.3 Å². The summed E-state index contributed by atoms with van der Waals surface area (Å²) >= 11 is 0. The first-order valence-corrected chi connectivity index (χ1v) is 6.50. The molecule has 0 aliphatic rings. The largest absolute Gasteiger partial charge is 0.462 e. The number of esters is 1. The smallest absolute Gasteiger partial charge is 0.338 e. The molecule has 0 saturated heterocycles. The van der Waals surface area contributed by atoms with Gasteiger partial charge in [0, 0.05) is 24.5 Å². The second kappa shape index (κ2) is 6.19. The minimum atomic E-state index is -0.335. The monoisotopic (exact) mass is 270 g/mol. The van der Waals surface area contributed by atoms with E-state index < -0.39 is 0 Å². The summed E-state index contributed by atoms with van der Waals surface area (Å²) in [6.45, 7) is 4.13. The summed E-state index contributed by atoms with van der Waals surface area (Å²) in [4.78, 5) is 16.0. The van der Waals surface area contributed by atoms with Crippen LogP contribution in [0.2, 0.25) is 0 Å². The van der Waals surface area contributed by atoms with Crippen molar-refractivity contribution in [1.82, 2.24) is 4.98 Å². The van der Waals surface area contributed by atoms with Gasteiger partial charge < -0.3 is 10.5 Å². The number of anilines is 1. The van der Waals surface area contributed by atoms with Crippen molar-refractivity contribution in [3.05, 3.63) is 58.9 Å². The molecule has 20 heavy (non-hydrogen) atoms. The number of benzene rings is 1. The number of aromatic nitrogens is 1. The van der Waals surface area contributed by atoms with E-state index in [0.717, 1.165) is 16.7 Å². The zero-order valence-electron chi connectivity index (χ0n) is 11.7. The van der Waals surface area contributed by atoms with E-state index >= 15 is 0 Å². The molecule has 104 valence electrons. The molecule has 0 amide bonds. The van der Waals surface area contributed by atoms with Crippen LogP contribution in [0, 0.1) is 13.8 Å². The van der Waals surface area contributed by atoms with Crippen molar-refractivity contribution < 1.29 is 9.53 Å². The van der Waals surface area contributed by atoms with Crippen molar-refractivity contribution in [2.45, 2.75) is 20.3 Å². The second-order valence-electron chi connectivity index (χ2n) is 4.77. The number of hydrogen-bond donors (Lipinski definition) is 1. The number of aryl methyl sites for hydroxylation is 2. The molecule has 4 nitrogen and oxygen atoms in total. The molecule has 4 heteroatoms. The van der Waals surface area contributed by atoms with E-state index in [2.05, 4.69) is 4.98 Å². The molecule has 2 N–H and O–H groups in total. The highest BCUT2D eigenvalue weighted by molar-refractivity contribution is 5.92. The van der Waals surface area contributed by atoms with Gasteiger partial charge in [0.15, 0.2) is 0 Å². The average molecular weight is 270 g/mol. The molecule has 0 aliphatic heterocycles. The molecule has 2 aromatic rings. The van der Waals surface area contributed by atoms with Crippen molar-refractivity contribution in [3.63, 3.8) is 0 Å². The molecular weight excluding hydrogens is 252 g/mol. The molecule has 0 aliphatic carbocycles. The Morgan fingerprint density at radius 3 is 2.80 bits per heavy atom. The second-order valence-corrected chi connectivity index (χ2v) is 4.77. The topological polar surface area (TPSA) is 65.2 Å². The Hall–Kier alpha value is -2.36. The molecule has 0 unspecified atom stereocenters. The molecule has 1 heterocycles. The number of carbonyl (C=O) groups is 1. The Kier molecular flexibility index (Phi) is 4.35. The van der Waals surface area contributed by atoms with Gasteiger partial charge in [0.25, 0.3) is 0 Å². The van der Waals surface area contributed by atoms with Gasteiger partial charge in [-0.05, 0) is 42.7 Å². The summed E-state index contributed by atoms with van der Waals surface area (Å²) in [5.41, 5.74) is 9.85. The third kappa shape index (κ3) is 3.35. The Morgan fingerprint density at radius 1 is 1.30 bits per heavy atom. The molecule has 1 aromatic heterocycles. The van der Waals surface area contributed by atoms with Crippen LogP contribution in [0.3, 0.4) is 0 Å². The van der Waals surface area contributed by atoms with Gasteiger partial charge in [-0.3, -0.25) is 4.98 Å². The molecular formula is C16H18N2O2. The highest BCUT2D eigenvalue weighted by atomic mass is 16.5. The Bertz CT molecular complexity index is 609. The Labute approximate surface area is 118 Å². The lowest BCUT2D eigenvalue weighted by Crippen LogP contribution is -2.10. The number of ether oxygens (including phenoxy) is 1. The van der Waals surface area contributed by atoms with Crippen LogP contribution in [-0.2, 0) is 11.2 Å². The summed E-state index contributed by atoms with van der Waals surface area (Å²) in [5.74, 6) is -0.335. The van der Waals surface area contributed by atoms with Crippen molar-refractivity contribution in [2.75, 3.05) is 12.3 Å². The van der Waals surface area contributed by atoms with Crippen LogP contribution >= 0.6 is 0 Å². The number of nitrogen functional groups attached to an aromatic ring is 1. The van der Waals surface area contributed by atoms with Crippen molar-refractivity contribution in [1.29, 1.82) is 0 Å². The first-order chi connectivity index (χ1) is 9.58. The number of hydrogen-bond acceptors (Lipinski definition) is 4. The Morgan fingerprint density at radius 2 is 2.10 bits per heavy atom. The van der Waals surface area contributed by atoms with Crippen LogP contribution in [0.1, 0.15) is 27.0 Å². The summed E-state index contributed by atoms with van der Waals surface area (Å²) in [5, 5.41) is 0. The van der Waals surface area contributed by atoms with Crippen LogP contribution in [-0.4, -0.2) is 17.6 Å². The first kappa shape index (κ1) is 14.1. The molecule has 0 bridgehead atoms. The summed E-state index contributed by atoms with van der Waals surface area (Å²) < 4.78 is 5.29. The zero-order valence-corrected chi connectivity index (χ0v) is 11.7. The first-order valence-electron chi connectivity index (χ1n) is 6.50. The van der Waals surface area contributed by atoms with E-state index in [-0.39, 0.29) is 5.97 Å². The van der Waals surface area contributed by atoms with E-state index in [1.807, 2.05) is 32.0 Å². The summed E-state index contributed by atoms with van der Waals surface area (Å²) in [6.07, 6.45) is 4.14. The maximum atomic E-state index is 12.0. The van der Waals surface area contributed by atoms with Gasteiger partial charge in [0.1, 0.15) is 0 Å². The lowest BCUT2D eigenvalue weighted by Gasteiger charge is -2.09. The highest BCUT2D eigenvalue weighted by Gasteiger charge is 2.12. The van der Waals surface area contributed by atoms with Gasteiger partial charge in [-0.1, -0.05) is 12.1 Å². The van der Waals surface area contributed by atoms with Gasteiger partial charge >= 0.3 is 5.97 Å². The number of nitrogens with two attached hydrogens (primary N) is 1. The quantitative estimate of drug-likeness (QED) is 0.685. The Balaban J connectivity index is 1.97. The molecule has 0 radical (unpaired) electrons. The molecule has 2 rings (SSSR count). The van der Waals surface area contributed by atoms with Crippen molar-refractivity contribution in [3.8, 4) is 0 Å². The van der Waals surface area contributed by atoms with Gasteiger partial charge in [-0.2, -0.15) is 0 Å². The SMILES string of the molecule is Cc1cc(C)c(C(=O)OCCc2cccnc2)cc1N. The van der Waals surface area contributed by atoms with Crippen LogP contribution in [0.15, 0.2) is 36.7 Å². The maximum absolute atomic E-state index is 12.0. The minimum Gasteiger partial charge on any atom is -0.462 e. The van der Waals surface area contributed by atoms with Gasteiger partial charge in [-0.25, -0.2) is 4.79 Å². The third-order valence-electron chi connectivity index (χ3n) is 3.18. The van der Waals surface area contributed by atoms with Crippen LogP contribution in [0.25, 0.3) is 0 Å². The normalized spacial score (nSPS) is 10.3. The molecule has 1 aromatic carbocycles. The lowest BCUT2D eigenvalue weighted by molar-refractivity contribution is 0.0508. The molecule has 0 saturated carbocycles. The third-order valence-corrected chi connectivity index (χ3v) is 3.18. The lowest BCUT2D eigenvalue weighted by atomic mass is 10.0. The predicted octanol–water partition coefficient (Wildman–Crippen LogP) is 2.68. The fourth-order valence-corrected chi connectivity index (χ4v) is 1.97. The van der Waals surface area contributed by atoms with Crippen LogP contribution in [0.4, 0.5) is 5.69 Å². The molecule has 0 atom stereocenters. The number of pyridine rings is 1. The van der Waals surface area contributed by atoms with Crippen LogP contribution in [0.5, 0.6) is 0 Å². The van der Waals surface area contributed by atoms with Gasteiger partial charge in [-0.15, -0.1) is 0 Å². The fourth-order valence-electron chi connectivity index (χ4n) is 1.97. The van der Waals surface area contributed by atoms with Crippen molar-refractivity contribution >= 4 is 11.7 Å². The standard InChI is InChI=1S/C16H18N2O2/c1-11-8-12(2)15(17)9-14(11)16(19)20-7-5-13-4-3-6-18-10-13/h3-4,6,8-10H,5,7,17H2,1-2H3. The summed E-state index contributed by atoms with van der Waals surface area (Å²) in [6, 6.07) is 7.39. The molecule has 0 spiro atoms. The van der Waals surface area contributed by atoms with E-state index in [4.69, 9.17) is 10.5 Å². The predicted molar refractivity (Wildman–Crippen MR) is 78.6 cm³/mol. The van der Waals surface area contributed by atoms with Crippen LogP contribution < -0.4 is 5.73 Å². The van der Waals surface area contributed by atoms with Crippen molar-refractivity contribution in [2.24, 2.45) is 0 Å². The van der Waals surface area contributed by atoms with Gasteiger partial charge in [0.05, 0.1) is 12.2 Å². The zero-order chi connectivity index (χ0) is 14.5. The number of rotatable bonds is 4. The van der Waals surface area contributed by atoms with E-state index in [9.17, 15) is 4.79 Å². The van der Waals surface area contributed by atoms with E-state index in [1.165, 1.54) is 0 Å². The average Bonchev–Trinajstić information content (AvgIpc) is 2.44. The fraction of sp³-hybridized carbons (Fsp3) is 0.250. The number of nitrogens with zero attached hydrogens (tertiary/aromatic N) is 1. The number of carbonyl (C=O) groups excluding carboxylic acids is 1. The maximum Gasteiger partial charge on any atom is 0.338 e.